The quantitative estimate of drug-likeness (QED) is 0.746. The van der Waals surface area contributed by atoms with E-state index in [-0.39, 0.29) is 5.69 Å². The molecule has 0 aliphatic heterocycles. The van der Waals surface area contributed by atoms with Crippen LogP contribution in [0.5, 0.6) is 0 Å². The van der Waals surface area contributed by atoms with Gasteiger partial charge in [0.25, 0.3) is 0 Å². The number of amides is 1. The van der Waals surface area contributed by atoms with Crippen LogP contribution in [0.15, 0.2) is 24.3 Å². The summed E-state index contributed by atoms with van der Waals surface area (Å²) >= 11 is 5.74. The van der Waals surface area contributed by atoms with Crippen molar-refractivity contribution in [1.29, 1.82) is 0 Å². The highest BCUT2D eigenvalue weighted by Gasteiger charge is 2.39. The molecule has 0 fully saturated rings. The number of nitrogens with zero attached hydrogens (tertiary/aromatic N) is 3. The molecule has 2 rings (SSSR count). The number of carbonyl (C=O) groups is 1. The molecule has 0 radical (unpaired) electrons. The number of rotatable bonds is 6. The molecule has 1 unspecified atom stereocenters. The summed E-state index contributed by atoms with van der Waals surface area (Å²) in [5, 5.41) is 5.69. The molecule has 5 nitrogen and oxygen atoms in total. The lowest BCUT2D eigenvalue weighted by molar-refractivity contribution is -0.141. The van der Waals surface area contributed by atoms with Crippen molar-refractivity contribution in [3.63, 3.8) is 0 Å². The highest BCUT2D eigenvalue weighted by Crippen LogP contribution is 2.36. The molecule has 1 heterocycles. The molecule has 0 aliphatic carbocycles. The maximum atomic E-state index is 13.0. The Morgan fingerprint density at radius 2 is 1.81 bits per heavy atom. The van der Waals surface area contributed by atoms with Gasteiger partial charge in [0.2, 0.25) is 5.91 Å². The number of aromatic nitrogens is 2. The first kappa shape index (κ1) is 21.1. The highest BCUT2D eigenvalue weighted by molar-refractivity contribution is 6.32. The van der Waals surface area contributed by atoms with Gasteiger partial charge in [-0.3, -0.25) is 9.48 Å². The van der Waals surface area contributed by atoms with E-state index in [1.54, 1.807) is 12.1 Å². The molecule has 0 saturated heterocycles. The molecule has 2 aromatic rings. The van der Waals surface area contributed by atoms with Crippen LogP contribution in [-0.4, -0.2) is 28.8 Å². The van der Waals surface area contributed by atoms with Crippen LogP contribution in [0.1, 0.15) is 38.2 Å². The van der Waals surface area contributed by atoms with E-state index in [2.05, 4.69) is 15.3 Å². The Morgan fingerprint density at radius 3 is 2.26 bits per heavy atom. The predicted molar refractivity (Wildman–Crippen MR) is 100 cm³/mol. The van der Waals surface area contributed by atoms with E-state index < -0.39 is 28.8 Å². The number of hydrogen-bond acceptors (Lipinski definition) is 3. The maximum absolute atomic E-state index is 13.0. The predicted octanol–water partition coefficient (Wildman–Crippen LogP) is 4.91. The summed E-state index contributed by atoms with van der Waals surface area (Å²) in [7, 11) is 0. The van der Waals surface area contributed by atoms with Gasteiger partial charge in [0.05, 0.1) is 10.7 Å². The molecule has 1 aromatic heterocycles. The Bertz CT molecular complexity index is 798. The minimum atomic E-state index is -4.68. The number of alkyl halides is 3. The summed E-state index contributed by atoms with van der Waals surface area (Å²) in [4.78, 5) is 14.6. The van der Waals surface area contributed by atoms with E-state index in [0.29, 0.717) is 5.69 Å². The molecule has 1 aromatic carbocycles. The summed E-state index contributed by atoms with van der Waals surface area (Å²) in [6, 6.07) is 6.31. The van der Waals surface area contributed by atoms with Crippen molar-refractivity contribution in [2.24, 2.45) is 0 Å². The fourth-order valence-electron chi connectivity index (χ4n) is 2.76. The average Bonchev–Trinajstić information content (AvgIpc) is 2.92. The van der Waals surface area contributed by atoms with Crippen LogP contribution in [0, 0.1) is 6.92 Å². The molecular formula is C18H22ClF3N4O. The van der Waals surface area contributed by atoms with Gasteiger partial charge in [0.15, 0.2) is 5.69 Å². The highest BCUT2D eigenvalue weighted by atomic mass is 35.5. The van der Waals surface area contributed by atoms with Gasteiger partial charge in [-0.1, -0.05) is 11.6 Å². The van der Waals surface area contributed by atoms with E-state index in [0.717, 1.165) is 23.5 Å². The van der Waals surface area contributed by atoms with Crippen molar-refractivity contribution in [2.75, 3.05) is 23.3 Å². The second kappa shape index (κ2) is 8.21. The van der Waals surface area contributed by atoms with Crippen LogP contribution in [0.2, 0.25) is 5.02 Å². The van der Waals surface area contributed by atoms with E-state index in [4.69, 9.17) is 11.6 Å². The first-order valence-corrected chi connectivity index (χ1v) is 8.95. The third kappa shape index (κ3) is 4.55. The zero-order chi connectivity index (χ0) is 20.4. The molecular weight excluding hydrogens is 381 g/mol. The second-order valence-corrected chi connectivity index (χ2v) is 6.45. The zero-order valence-electron chi connectivity index (χ0n) is 15.6. The number of benzene rings is 1. The van der Waals surface area contributed by atoms with Crippen molar-refractivity contribution < 1.29 is 18.0 Å². The Balaban J connectivity index is 2.17. The summed E-state index contributed by atoms with van der Waals surface area (Å²) in [5.74, 6) is -0.485. The Labute approximate surface area is 161 Å². The van der Waals surface area contributed by atoms with E-state index in [9.17, 15) is 18.0 Å². The Morgan fingerprint density at radius 1 is 1.26 bits per heavy atom. The third-order valence-corrected chi connectivity index (χ3v) is 4.81. The van der Waals surface area contributed by atoms with E-state index >= 15 is 0 Å². The van der Waals surface area contributed by atoms with E-state index in [1.807, 2.05) is 26.0 Å². The molecule has 9 heteroatoms. The number of hydrogen-bond donors (Lipinski definition) is 1. The Hall–Kier alpha value is -2.22. The Kier molecular flexibility index (Phi) is 6.41. The summed E-state index contributed by atoms with van der Waals surface area (Å²) in [6.45, 7) is 8.69. The molecule has 0 spiro atoms. The average molecular weight is 403 g/mol. The maximum Gasteiger partial charge on any atom is 0.436 e. The molecule has 0 aliphatic rings. The number of halogens is 4. The van der Waals surface area contributed by atoms with Crippen LogP contribution >= 0.6 is 11.6 Å². The van der Waals surface area contributed by atoms with Crippen LogP contribution in [-0.2, 0) is 11.0 Å². The molecule has 0 bridgehead atoms. The van der Waals surface area contributed by atoms with Crippen LogP contribution in [0.3, 0.4) is 0 Å². The summed E-state index contributed by atoms with van der Waals surface area (Å²) in [5.41, 5.74) is 0.471. The number of nitrogens with one attached hydrogen (secondary N) is 1. The molecule has 1 amide bonds. The second-order valence-electron chi connectivity index (χ2n) is 6.07. The van der Waals surface area contributed by atoms with Gasteiger partial charge in [0.1, 0.15) is 6.04 Å². The topological polar surface area (TPSA) is 50.2 Å². The normalized spacial score (nSPS) is 12.7. The molecule has 27 heavy (non-hydrogen) atoms. The van der Waals surface area contributed by atoms with Gasteiger partial charge in [-0.2, -0.15) is 18.3 Å². The van der Waals surface area contributed by atoms with Crippen molar-refractivity contribution in [2.45, 2.75) is 39.9 Å². The largest absolute Gasteiger partial charge is 0.436 e. The van der Waals surface area contributed by atoms with Crippen molar-refractivity contribution in [3.05, 3.63) is 40.7 Å². The van der Waals surface area contributed by atoms with Gasteiger partial charge < -0.3 is 10.2 Å². The lowest BCUT2D eigenvalue weighted by atomic mass is 10.2. The van der Waals surface area contributed by atoms with Crippen LogP contribution in [0.25, 0.3) is 0 Å². The fraction of sp³-hybridized carbons (Fsp3) is 0.444. The third-order valence-electron chi connectivity index (χ3n) is 4.36. The zero-order valence-corrected chi connectivity index (χ0v) is 16.3. The first-order valence-electron chi connectivity index (χ1n) is 8.57. The van der Waals surface area contributed by atoms with Gasteiger partial charge in [-0.05, 0) is 52.0 Å². The van der Waals surface area contributed by atoms with Gasteiger partial charge in [-0.15, -0.1) is 0 Å². The molecule has 148 valence electrons. The molecule has 1 atom stereocenters. The van der Waals surface area contributed by atoms with Crippen LogP contribution < -0.4 is 10.2 Å². The molecule has 1 N–H and O–H groups in total. The lowest BCUT2D eigenvalue weighted by Gasteiger charge is -2.21. The van der Waals surface area contributed by atoms with Crippen LogP contribution in [0.4, 0.5) is 24.5 Å². The minimum absolute atomic E-state index is 0.0866. The standard InChI is InChI=1S/C18H22ClF3N4O/c1-5-25(6-2)14-9-7-13(8-10-14)23-17(27)12(4)26-11(3)15(19)16(24-26)18(20,21)22/h7-10,12H,5-6H2,1-4H3,(H,23,27). The monoisotopic (exact) mass is 402 g/mol. The summed E-state index contributed by atoms with van der Waals surface area (Å²) in [6.07, 6.45) is -4.68. The number of anilines is 2. The smallest absolute Gasteiger partial charge is 0.372 e. The van der Waals surface area contributed by atoms with Crippen molar-refractivity contribution >= 4 is 28.9 Å². The van der Waals surface area contributed by atoms with Gasteiger partial charge >= 0.3 is 6.18 Å². The molecule has 0 saturated carbocycles. The lowest BCUT2D eigenvalue weighted by Crippen LogP contribution is -2.26. The van der Waals surface area contributed by atoms with Crippen molar-refractivity contribution in [3.8, 4) is 0 Å². The summed E-state index contributed by atoms with van der Waals surface area (Å²) < 4.78 is 39.8. The van der Waals surface area contributed by atoms with Crippen molar-refractivity contribution in [1.82, 2.24) is 9.78 Å². The minimum Gasteiger partial charge on any atom is -0.372 e. The van der Waals surface area contributed by atoms with Gasteiger partial charge in [0, 0.05) is 24.5 Å². The van der Waals surface area contributed by atoms with Gasteiger partial charge in [-0.25, -0.2) is 0 Å². The SMILES string of the molecule is CCN(CC)c1ccc(NC(=O)C(C)n2nc(C(F)(F)F)c(Cl)c2C)cc1. The first-order chi connectivity index (χ1) is 12.6. The fourth-order valence-corrected chi connectivity index (χ4v) is 2.99. The van der Waals surface area contributed by atoms with E-state index in [1.165, 1.54) is 13.8 Å². The number of carbonyl (C=O) groups excluding carboxylic acids is 1.